The summed E-state index contributed by atoms with van der Waals surface area (Å²) in [6.45, 7) is 5.25. The van der Waals surface area contributed by atoms with Gasteiger partial charge in [-0.25, -0.2) is 4.42 Å². The Kier molecular flexibility index (Phi) is 10.5. The van der Waals surface area contributed by atoms with Crippen molar-refractivity contribution < 1.29 is 35.9 Å². The molecule has 9 heteroatoms. The lowest BCUT2D eigenvalue weighted by Gasteiger charge is -2.04. The molecule has 0 aliphatic rings. The van der Waals surface area contributed by atoms with Crippen molar-refractivity contribution in [2.45, 2.75) is 13.8 Å². The van der Waals surface area contributed by atoms with Crippen LogP contribution in [0.25, 0.3) is 34.6 Å². The molecule has 4 nitrogen and oxygen atoms in total. The van der Waals surface area contributed by atoms with Crippen LogP contribution in [0.15, 0.2) is 89.3 Å². The van der Waals surface area contributed by atoms with Crippen LogP contribution in [-0.2, 0) is 0 Å². The Morgan fingerprint density at radius 3 is 1.64 bits per heavy atom. The molecule has 39 heavy (non-hydrogen) atoms. The predicted molar refractivity (Wildman–Crippen MR) is 148 cm³/mol. The highest BCUT2D eigenvalue weighted by atomic mass is 19.5. The fourth-order valence-corrected chi connectivity index (χ4v) is 3.60. The maximum atomic E-state index is 9.75. The molecular formula is C30H29BF4O4. The molecule has 0 unspecified atom stereocenters. The Morgan fingerprint density at radius 2 is 1.13 bits per heavy atom. The number of methoxy groups -OCH3 is 1. The van der Waals surface area contributed by atoms with Gasteiger partial charge in [0.15, 0.2) is 0 Å². The first kappa shape index (κ1) is 29.3. The topological polar surface area (TPSA) is 39.0 Å². The molecule has 0 radical (unpaired) electrons. The Morgan fingerprint density at radius 1 is 0.641 bits per heavy atom. The fraction of sp³-hybridized carbons (Fsp3) is 0.167. The van der Waals surface area contributed by atoms with Crippen molar-refractivity contribution in [1.29, 1.82) is 0 Å². The molecule has 4 aromatic rings. The van der Waals surface area contributed by atoms with E-state index in [1.807, 2.05) is 92.7 Å². The molecule has 0 bridgehead atoms. The molecule has 0 aliphatic carbocycles. The molecule has 0 spiro atoms. The van der Waals surface area contributed by atoms with Gasteiger partial charge in [-0.2, -0.15) is 0 Å². The maximum Gasteiger partial charge on any atom is 0.673 e. The maximum absolute atomic E-state index is 9.75. The number of halogens is 4. The van der Waals surface area contributed by atoms with Crippen LogP contribution in [0.4, 0.5) is 17.3 Å². The Bertz CT molecular complexity index is 1330. The summed E-state index contributed by atoms with van der Waals surface area (Å²) in [5.41, 5.74) is 4.19. The smallest absolute Gasteiger partial charge is 0.497 e. The van der Waals surface area contributed by atoms with Gasteiger partial charge in [0, 0.05) is 11.6 Å². The van der Waals surface area contributed by atoms with Gasteiger partial charge < -0.3 is 31.5 Å². The molecule has 204 valence electrons. The van der Waals surface area contributed by atoms with E-state index in [2.05, 4.69) is 18.2 Å². The zero-order chi connectivity index (χ0) is 28.3. The third-order valence-electron chi connectivity index (χ3n) is 5.32. The second-order valence-electron chi connectivity index (χ2n) is 8.13. The normalized spacial score (nSPS) is 11.1. The van der Waals surface area contributed by atoms with Crippen molar-refractivity contribution >= 4 is 19.4 Å². The van der Waals surface area contributed by atoms with Gasteiger partial charge in [0.25, 0.3) is 0 Å². The SMILES string of the molecule is CCOc1ccc(/C=C/c2cc(-c3ccc(OC)cc3)cc(-c3ccc(OCC)cc3)[o+]2)cc1.F[B-](F)(F)F. The summed E-state index contributed by atoms with van der Waals surface area (Å²) in [5.74, 6) is 4.07. The molecule has 0 atom stereocenters. The first-order chi connectivity index (χ1) is 18.7. The highest BCUT2D eigenvalue weighted by Gasteiger charge is 2.20. The monoisotopic (exact) mass is 540 g/mol. The van der Waals surface area contributed by atoms with Gasteiger partial charge in [-0.05, 0) is 79.6 Å². The van der Waals surface area contributed by atoms with Crippen LogP contribution in [0.3, 0.4) is 0 Å². The molecule has 3 aromatic carbocycles. The van der Waals surface area contributed by atoms with Crippen molar-refractivity contribution in [3.8, 4) is 39.7 Å². The van der Waals surface area contributed by atoms with Crippen molar-refractivity contribution in [3.63, 3.8) is 0 Å². The van der Waals surface area contributed by atoms with Gasteiger partial charge in [0.05, 0.1) is 38.0 Å². The lowest BCUT2D eigenvalue weighted by atomic mass is 10.0. The summed E-state index contributed by atoms with van der Waals surface area (Å²) >= 11 is 0. The van der Waals surface area contributed by atoms with Crippen LogP contribution < -0.4 is 14.2 Å². The number of hydrogen-bond donors (Lipinski definition) is 0. The van der Waals surface area contributed by atoms with Crippen molar-refractivity contribution in [2.75, 3.05) is 20.3 Å². The minimum atomic E-state index is -6.00. The summed E-state index contributed by atoms with van der Waals surface area (Å²) in [6.07, 6.45) is 4.02. The van der Waals surface area contributed by atoms with E-state index in [0.717, 1.165) is 51.0 Å². The second-order valence-corrected chi connectivity index (χ2v) is 8.13. The molecule has 0 fully saturated rings. The first-order valence-corrected chi connectivity index (χ1v) is 12.3. The van der Waals surface area contributed by atoms with Crippen LogP contribution in [0.1, 0.15) is 25.2 Å². The molecule has 1 aromatic heterocycles. The van der Waals surface area contributed by atoms with E-state index < -0.39 is 7.25 Å². The van der Waals surface area contributed by atoms with Crippen molar-refractivity contribution in [3.05, 3.63) is 96.3 Å². The molecule has 0 saturated heterocycles. The zero-order valence-corrected chi connectivity index (χ0v) is 21.9. The van der Waals surface area contributed by atoms with Gasteiger partial charge in [0.2, 0.25) is 0 Å². The fourth-order valence-electron chi connectivity index (χ4n) is 3.60. The van der Waals surface area contributed by atoms with Gasteiger partial charge >= 0.3 is 18.8 Å². The summed E-state index contributed by atoms with van der Waals surface area (Å²) in [6, 6.07) is 28.1. The number of hydrogen-bond acceptors (Lipinski definition) is 3. The minimum Gasteiger partial charge on any atom is -0.497 e. The van der Waals surface area contributed by atoms with E-state index in [4.69, 9.17) is 18.6 Å². The number of ether oxygens (including phenoxy) is 3. The zero-order valence-electron chi connectivity index (χ0n) is 21.9. The van der Waals surface area contributed by atoms with Crippen LogP contribution >= 0.6 is 0 Å². The van der Waals surface area contributed by atoms with E-state index in [1.165, 1.54) is 0 Å². The van der Waals surface area contributed by atoms with Gasteiger partial charge in [0.1, 0.15) is 17.2 Å². The molecule has 4 rings (SSSR count). The second kappa shape index (κ2) is 14.0. The van der Waals surface area contributed by atoms with Crippen LogP contribution in [0.2, 0.25) is 0 Å². The van der Waals surface area contributed by atoms with Crippen LogP contribution in [0, 0.1) is 0 Å². The van der Waals surface area contributed by atoms with Crippen LogP contribution in [-0.4, -0.2) is 27.6 Å². The van der Waals surface area contributed by atoms with E-state index in [0.29, 0.717) is 13.2 Å². The minimum absolute atomic E-state index is 0.636. The average molecular weight is 540 g/mol. The average Bonchev–Trinajstić information content (AvgIpc) is 2.92. The predicted octanol–water partition coefficient (Wildman–Crippen LogP) is 9.17. The number of rotatable bonds is 9. The third kappa shape index (κ3) is 9.85. The van der Waals surface area contributed by atoms with Crippen LogP contribution in [0.5, 0.6) is 17.2 Å². The van der Waals surface area contributed by atoms with E-state index in [-0.39, 0.29) is 0 Å². The highest BCUT2D eigenvalue weighted by molar-refractivity contribution is 6.50. The Hall–Kier alpha value is -4.27. The Labute approximate surface area is 225 Å². The molecule has 0 saturated carbocycles. The largest absolute Gasteiger partial charge is 0.673 e. The molecule has 0 amide bonds. The van der Waals surface area contributed by atoms with Gasteiger partial charge in [-0.3, -0.25) is 0 Å². The standard InChI is InChI=1S/C30H29O4.BF4/c1-4-32-27-13-6-22(7-14-27)8-15-29-20-25(23-9-16-26(31-3)17-10-23)21-30(34-29)24-11-18-28(19-12-24)33-5-2;2-1(3,4)5/h6-21H,4-5H2,1-3H3;/q+1;-1/b15-8+;. The summed E-state index contributed by atoms with van der Waals surface area (Å²) in [7, 11) is -4.33. The lowest BCUT2D eigenvalue weighted by molar-refractivity contribution is 0.340. The van der Waals surface area contributed by atoms with E-state index in [1.54, 1.807) is 7.11 Å². The first-order valence-electron chi connectivity index (χ1n) is 12.3. The molecular weight excluding hydrogens is 511 g/mol. The van der Waals surface area contributed by atoms with E-state index in [9.17, 15) is 17.3 Å². The Balaban J connectivity index is 0.000000771. The molecule has 1 heterocycles. The molecule has 0 N–H and O–H groups in total. The molecule has 0 aliphatic heterocycles. The quantitative estimate of drug-likeness (QED) is 0.121. The van der Waals surface area contributed by atoms with Crippen molar-refractivity contribution in [1.82, 2.24) is 0 Å². The summed E-state index contributed by atoms with van der Waals surface area (Å²) in [5, 5.41) is 0. The van der Waals surface area contributed by atoms with Gasteiger partial charge in [-0.15, -0.1) is 0 Å². The lowest BCUT2D eigenvalue weighted by Crippen LogP contribution is -2.02. The highest BCUT2D eigenvalue weighted by Crippen LogP contribution is 2.31. The number of benzene rings is 3. The third-order valence-corrected chi connectivity index (χ3v) is 5.32. The summed E-state index contributed by atoms with van der Waals surface area (Å²) < 4.78 is 61.7. The van der Waals surface area contributed by atoms with E-state index >= 15 is 0 Å². The van der Waals surface area contributed by atoms with Crippen molar-refractivity contribution in [2.24, 2.45) is 0 Å². The van der Waals surface area contributed by atoms with Gasteiger partial charge in [-0.1, -0.05) is 24.3 Å². The summed E-state index contributed by atoms with van der Waals surface area (Å²) in [4.78, 5) is 0.